The van der Waals surface area contributed by atoms with Gasteiger partial charge in [-0.15, -0.1) is 0 Å². The average Bonchev–Trinajstić information content (AvgIpc) is 2.58. The summed E-state index contributed by atoms with van der Waals surface area (Å²) in [5.74, 6) is 1.40. The Morgan fingerprint density at radius 1 is 1.11 bits per heavy atom. The van der Waals surface area contributed by atoms with Crippen LogP contribution in [0.4, 0.5) is 5.69 Å². The lowest BCUT2D eigenvalue weighted by molar-refractivity contribution is -0.138. The topological polar surface area (TPSA) is 90.6 Å². The molecule has 146 valence electrons. The van der Waals surface area contributed by atoms with Gasteiger partial charge in [-0.25, -0.2) is 0 Å². The number of hydrogen-bond acceptors (Lipinski definition) is 4. The highest BCUT2D eigenvalue weighted by atomic mass is 79.9. The zero-order chi connectivity index (χ0) is 19.4. The molecule has 2 atom stereocenters. The van der Waals surface area contributed by atoms with Gasteiger partial charge in [0.05, 0.1) is 30.9 Å². The molecule has 5 rings (SSSR count). The SMILES string of the molecule is COc1cc(NC(=O)C23CC4CC(CC(Br)(C4)C2)C3)c(C(N)=O)cc1OC. The number of alkyl halides is 1. The van der Waals surface area contributed by atoms with Gasteiger partial charge in [0, 0.05) is 10.4 Å². The van der Waals surface area contributed by atoms with E-state index in [-0.39, 0.29) is 21.2 Å². The Balaban J connectivity index is 1.66. The number of methoxy groups -OCH3 is 2. The molecule has 1 aromatic rings. The van der Waals surface area contributed by atoms with Crippen LogP contribution < -0.4 is 20.5 Å². The highest BCUT2D eigenvalue weighted by Crippen LogP contribution is 2.64. The molecule has 7 heteroatoms. The molecular weight excluding hydrogens is 412 g/mol. The fourth-order valence-electron chi connectivity index (χ4n) is 5.86. The minimum Gasteiger partial charge on any atom is -0.493 e. The van der Waals surface area contributed by atoms with Crippen LogP contribution in [0.15, 0.2) is 12.1 Å². The van der Waals surface area contributed by atoms with E-state index in [1.54, 1.807) is 6.07 Å². The summed E-state index contributed by atoms with van der Waals surface area (Å²) in [5, 5.41) is 3.00. The number of rotatable bonds is 5. The minimum atomic E-state index is -0.617. The summed E-state index contributed by atoms with van der Waals surface area (Å²) in [5.41, 5.74) is 5.76. The molecule has 0 spiro atoms. The molecule has 0 saturated heterocycles. The largest absolute Gasteiger partial charge is 0.493 e. The predicted octanol–water partition coefficient (Wildman–Crippen LogP) is 3.48. The van der Waals surface area contributed by atoms with Gasteiger partial charge in [0.1, 0.15) is 0 Å². The Hall–Kier alpha value is -1.76. The lowest BCUT2D eigenvalue weighted by atomic mass is 9.49. The van der Waals surface area contributed by atoms with Crippen LogP contribution in [-0.4, -0.2) is 30.4 Å². The number of ether oxygens (including phenoxy) is 2. The first-order valence-corrected chi connectivity index (χ1v) is 10.1. The van der Waals surface area contributed by atoms with E-state index in [4.69, 9.17) is 15.2 Å². The average molecular weight is 437 g/mol. The number of hydrogen-bond donors (Lipinski definition) is 2. The van der Waals surface area contributed by atoms with Crippen LogP contribution in [0.2, 0.25) is 0 Å². The van der Waals surface area contributed by atoms with Gasteiger partial charge in [0.25, 0.3) is 5.91 Å². The standard InChI is InChI=1S/C20H25BrN2O4/c1-26-15-4-13(17(22)24)14(5-16(15)27-2)23-18(25)19-6-11-3-12(7-19)9-20(21,8-11)10-19/h4-5,11-12H,3,6-10H2,1-2H3,(H2,22,24)(H,23,25). The number of carbonyl (C=O) groups excluding carboxylic acids is 2. The van der Waals surface area contributed by atoms with E-state index in [1.165, 1.54) is 26.7 Å². The Kier molecular flexibility index (Phi) is 4.41. The molecule has 0 aromatic heterocycles. The number of halogens is 1. The number of nitrogens with one attached hydrogen (secondary N) is 1. The molecule has 6 nitrogen and oxygen atoms in total. The van der Waals surface area contributed by atoms with Crippen LogP contribution in [0, 0.1) is 17.3 Å². The summed E-state index contributed by atoms with van der Waals surface area (Å²) in [7, 11) is 3.01. The van der Waals surface area contributed by atoms with Gasteiger partial charge >= 0.3 is 0 Å². The third-order valence-corrected chi connectivity index (χ3v) is 7.44. The number of primary amides is 1. The Morgan fingerprint density at radius 2 is 1.70 bits per heavy atom. The Bertz CT molecular complexity index is 795. The third-order valence-electron chi connectivity index (χ3n) is 6.51. The fourth-order valence-corrected chi connectivity index (χ4v) is 7.31. The highest BCUT2D eigenvalue weighted by Gasteiger charge is 2.59. The maximum Gasteiger partial charge on any atom is 0.250 e. The molecule has 1 aromatic carbocycles. The van der Waals surface area contributed by atoms with Crippen molar-refractivity contribution in [3.63, 3.8) is 0 Å². The molecule has 2 unspecified atom stereocenters. The van der Waals surface area contributed by atoms with Crippen LogP contribution in [0.1, 0.15) is 48.9 Å². The van der Waals surface area contributed by atoms with Crippen LogP contribution >= 0.6 is 15.9 Å². The number of anilines is 1. The van der Waals surface area contributed by atoms with E-state index in [1.807, 2.05) is 0 Å². The van der Waals surface area contributed by atoms with Gasteiger partial charge in [0.15, 0.2) is 11.5 Å². The first kappa shape index (κ1) is 18.6. The Morgan fingerprint density at radius 3 is 2.22 bits per heavy atom. The van der Waals surface area contributed by atoms with E-state index in [2.05, 4.69) is 21.2 Å². The molecule has 2 amide bonds. The molecular formula is C20H25BrN2O4. The summed E-state index contributed by atoms with van der Waals surface area (Å²) < 4.78 is 10.7. The maximum absolute atomic E-state index is 13.4. The molecule has 0 radical (unpaired) electrons. The van der Waals surface area contributed by atoms with E-state index < -0.39 is 5.91 Å². The number of carbonyl (C=O) groups is 2. The summed E-state index contributed by atoms with van der Waals surface area (Å²) in [6, 6.07) is 3.13. The molecule has 3 N–H and O–H groups in total. The second-order valence-electron chi connectivity index (χ2n) is 8.46. The number of amides is 2. The van der Waals surface area contributed by atoms with Crippen molar-refractivity contribution in [1.82, 2.24) is 0 Å². The lowest BCUT2D eigenvalue weighted by Gasteiger charge is -2.59. The van der Waals surface area contributed by atoms with Gasteiger partial charge in [-0.2, -0.15) is 0 Å². The van der Waals surface area contributed by atoms with Gasteiger partial charge < -0.3 is 20.5 Å². The first-order valence-electron chi connectivity index (χ1n) is 9.34. The van der Waals surface area contributed by atoms with Crippen LogP contribution in [-0.2, 0) is 4.79 Å². The van der Waals surface area contributed by atoms with Crippen molar-refractivity contribution in [3.8, 4) is 11.5 Å². The zero-order valence-corrected chi connectivity index (χ0v) is 17.2. The molecule has 4 bridgehead atoms. The van der Waals surface area contributed by atoms with Gasteiger partial charge in [0.2, 0.25) is 5.91 Å². The summed E-state index contributed by atoms with van der Waals surface area (Å²) in [6.07, 6.45) is 6.22. The lowest BCUT2D eigenvalue weighted by Crippen LogP contribution is -2.57. The fraction of sp³-hybridized carbons (Fsp3) is 0.600. The molecule has 27 heavy (non-hydrogen) atoms. The third kappa shape index (κ3) is 3.10. The maximum atomic E-state index is 13.4. The predicted molar refractivity (Wildman–Crippen MR) is 105 cm³/mol. The van der Waals surface area contributed by atoms with Crippen molar-refractivity contribution in [2.75, 3.05) is 19.5 Å². The van der Waals surface area contributed by atoms with Crippen molar-refractivity contribution < 1.29 is 19.1 Å². The van der Waals surface area contributed by atoms with Crippen molar-refractivity contribution in [2.24, 2.45) is 23.0 Å². The van der Waals surface area contributed by atoms with Crippen molar-refractivity contribution >= 4 is 33.4 Å². The second kappa shape index (κ2) is 6.40. The minimum absolute atomic E-state index is 0.0184. The molecule has 4 aliphatic rings. The van der Waals surface area contributed by atoms with Crippen molar-refractivity contribution in [3.05, 3.63) is 17.7 Å². The monoisotopic (exact) mass is 436 g/mol. The quantitative estimate of drug-likeness (QED) is 0.691. The normalized spacial score (nSPS) is 33.6. The molecule has 4 saturated carbocycles. The Labute approximate surface area is 167 Å². The van der Waals surface area contributed by atoms with Crippen LogP contribution in [0.3, 0.4) is 0 Å². The van der Waals surface area contributed by atoms with Crippen LogP contribution in [0.5, 0.6) is 11.5 Å². The van der Waals surface area contributed by atoms with Gasteiger partial charge in [-0.05, 0) is 56.4 Å². The van der Waals surface area contributed by atoms with Crippen LogP contribution in [0.25, 0.3) is 0 Å². The summed E-state index contributed by atoms with van der Waals surface area (Å²) >= 11 is 3.94. The summed E-state index contributed by atoms with van der Waals surface area (Å²) in [6.45, 7) is 0. The van der Waals surface area contributed by atoms with Gasteiger partial charge in [-0.3, -0.25) is 9.59 Å². The van der Waals surface area contributed by atoms with E-state index in [0.29, 0.717) is 29.0 Å². The van der Waals surface area contributed by atoms with Crippen molar-refractivity contribution in [2.45, 2.75) is 42.8 Å². The van der Waals surface area contributed by atoms with Gasteiger partial charge in [-0.1, -0.05) is 15.9 Å². The highest BCUT2D eigenvalue weighted by molar-refractivity contribution is 9.10. The van der Waals surface area contributed by atoms with E-state index >= 15 is 0 Å². The second-order valence-corrected chi connectivity index (χ2v) is 10.1. The molecule has 4 aliphatic carbocycles. The summed E-state index contributed by atoms with van der Waals surface area (Å²) in [4.78, 5) is 25.3. The number of benzene rings is 1. The molecule has 4 fully saturated rings. The zero-order valence-electron chi connectivity index (χ0n) is 15.6. The first-order chi connectivity index (χ1) is 12.8. The smallest absolute Gasteiger partial charge is 0.250 e. The van der Waals surface area contributed by atoms with Crippen molar-refractivity contribution in [1.29, 1.82) is 0 Å². The number of nitrogens with two attached hydrogens (primary N) is 1. The molecule has 0 aliphatic heterocycles. The molecule has 0 heterocycles. The van der Waals surface area contributed by atoms with E-state index in [0.717, 1.165) is 32.1 Å². The van der Waals surface area contributed by atoms with E-state index in [9.17, 15) is 9.59 Å².